The molecule has 0 fully saturated rings. The number of nitrogens with one attached hydrogen (secondary N) is 1. The highest BCUT2D eigenvalue weighted by atomic mass is 35.5. The number of hydrogen-bond acceptors (Lipinski definition) is 4. The van der Waals surface area contributed by atoms with Crippen LogP contribution in [0.3, 0.4) is 0 Å². The molecule has 0 atom stereocenters. The molecule has 1 aromatic carbocycles. The van der Waals surface area contributed by atoms with Crippen LogP contribution >= 0.6 is 11.6 Å². The van der Waals surface area contributed by atoms with Crippen molar-refractivity contribution in [3.05, 3.63) is 46.7 Å². The molecule has 6 heteroatoms. The topological polar surface area (TPSA) is 58.1 Å². The minimum absolute atomic E-state index is 0.0942. The minimum atomic E-state index is -0.0942. The third-order valence-electron chi connectivity index (χ3n) is 3.36. The molecule has 0 bridgehead atoms. The first-order valence-corrected chi connectivity index (χ1v) is 7.58. The summed E-state index contributed by atoms with van der Waals surface area (Å²) in [6.07, 6.45) is 1.58. The largest absolute Gasteiger partial charge is 0.338 e. The number of carbonyl (C=O) groups is 1. The van der Waals surface area contributed by atoms with Crippen LogP contribution in [0.4, 0.5) is 11.6 Å². The molecule has 0 saturated heterocycles. The average Bonchev–Trinajstić information content (AvgIpc) is 2.51. The average molecular weight is 319 g/mol. The Morgan fingerprint density at radius 2 is 2.00 bits per heavy atom. The Labute approximate surface area is 135 Å². The van der Waals surface area contributed by atoms with Gasteiger partial charge in [0.05, 0.1) is 0 Å². The highest BCUT2D eigenvalue weighted by Crippen LogP contribution is 2.22. The van der Waals surface area contributed by atoms with Crippen LogP contribution in [0.1, 0.15) is 29.9 Å². The van der Waals surface area contributed by atoms with E-state index < -0.39 is 0 Å². The molecule has 22 heavy (non-hydrogen) atoms. The second kappa shape index (κ2) is 7.22. The molecule has 0 spiro atoms. The highest BCUT2D eigenvalue weighted by Gasteiger charge is 2.14. The molecular formula is C16H19ClN4O. The molecule has 2 rings (SSSR count). The van der Waals surface area contributed by atoms with E-state index in [2.05, 4.69) is 15.3 Å². The van der Waals surface area contributed by atoms with Gasteiger partial charge in [-0.2, -0.15) is 0 Å². The van der Waals surface area contributed by atoms with Crippen molar-refractivity contribution >= 4 is 29.1 Å². The molecule has 0 aliphatic rings. The van der Waals surface area contributed by atoms with E-state index in [1.165, 1.54) is 0 Å². The van der Waals surface area contributed by atoms with Gasteiger partial charge in [-0.15, -0.1) is 0 Å². The fourth-order valence-electron chi connectivity index (χ4n) is 2.10. The Kier molecular flexibility index (Phi) is 5.33. The summed E-state index contributed by atoms with van der Waals surface area (Å²) in [6, 6.07) is 7.14. The van der Waals surface area contributed by atoms with Crippen LogP contribution in [0.25, 0.3) is 0 Å². The van der Waals surface area contributed by atoms with Crippen molar-refractivity contribution in [2.45, 2.75) is 20.8 Å². The van der Waals surface area contributed by atoms with Crippen LogP contribution in [0, 0.1) is 6.92 Å². The number of anilines is 2. The summed E-state index contributed by atoms with van der Waals surface area (Å²) in [5, 5.41) is 3.79. The van der Waals surface area contributed by atoms with Gasteiger partial charge < -0.3 is 10.2 Å². The highest BCUT2D eigenvalue weighted by molar-refractivity contribution is 6.30. The van der Waals surface area contributed by atoms with Crippen molar-refractivity contribution in [3.63, 3.8) is 0 Å². The van der Waals surface area contributed by atoms with E-state index in [0.717, 1.165) is 11.3 Å². The molecule has 0 aliphatic carbocycles. The second-order valence-electron chi connectivity index (χ2n) is 4.83. The molecule has 0 unspecified atom stereocenters. The molecule has 5 nitrogen and oxygen atoms in total. The van der Waals surface area contributed by atoms with Gasteiger partial charge in [-0.1, -0.05) is 11.6 Å². The van der Waals surface area contributed by atoms with E-state index in [-0.39, 0.29) is 5.91 Å². The minimum Gasteiger partial charge on any atom is -0.338 e. The van der Waals surface area contributed by atoms with Crippen LogP contribution in [0.2, 0.25) is 5.02 Å². The van der Waals surface area contributed by atoms with Crippen molar-refractivity contribution < 1.29 is 4.79 Å². The maximum atomic E-state index is 12.3. The SMILES string of the molecule is CCN(CC)C(=O)c1ccnc(Nc2ccc(Cl)cc2C)n1. The Morgan fingerprint density at radius 3 is 2.64 bits per heavy atom. The van der Waals surface area contributed by atoms with Gasteiger partial charge in [0.1, 0.15) is 5.69 Å². The number of benzene rings is 1. The lowest BCUT2D eigenvalue weighted by Crippen LogP contribution is -2.31. The van der Waals surface area contributed by atoms with Gasteiger partial charge in [0.25, 0.3) is 5.91 Å². The maximum Gasteiger partial charge on any atom is 0.272 e. The summed E-state index contributed by atoms with van der Waals surface area (Å²) in [7, 11) is 0. The van der Waals surface area contributed by atoms with Crippen molar-refractivity contribution in [2.75, 3.05) is 18.4 Å². The van der Waals surface area contributed by atoms with E-state index in [9.17, 15) is 4.79 Å². The summed E-state index contributed by atoms with van der Waals surface area (Å²) in [5.41, 5.74) is 2.22. The van der Waals surface area contributed by atoms with Crippen LogP contribution in [-0.2, 0) is 0 Å². The van der Waals surface area contributed by atoms with E-state index in [0.29, 0.717) is 29.8 Å². The predicted molar refractivity (Wildman–Crippen MR) is 88.8 cm³/mol. The fraction of sp³-hybridized carbons (Fsp3) is 0.312. The molecule has 1 N–H and O–H groups in total. The fourth-order valence-corrected chi connectivity index (χ4v) is 2.33. The third-order valence-corrected chi connectivity index (χ3v) is 3.60. The Bertz CT molecular complexity index is 671. The second-order valence-corrected chi connectivity index (χ2v) is 5.26. The first kappa shape index (κ1) is 16.2. The van der Waals surface area contributed by atoms with Gasteiger partial charge in [-0.05, 0) is 50.6 Å². The van der Waals surface area contributed by atoms with Gasteiger partial charge in [0.15, 0.2) is 0 Å². The zero-order chi connectivity index (χ0) is 16.1. The molecule has 0 radical (unpaired) electrons. The lowest BCUT2D eigenvalue weighted by Gasteiger charge is -2.18. The maximum absolute atomic E-state index is 12.3. The number of rotatable bonds is 5. The molecule has 1 heterocycles. The van der Waals surface area contributed by atoms with Crippen molar-refractivity contribution in [2.24, 2.45) is 0 Å². The van der Waals surface area contributed by atoms with Crippen molar-refractivity contribution in [1.29, 1.82) is 0 Å². The van der Waals surface area contributed by atoms with E-state index in [1.54, 1.807) is 23.2 Å². The lowest BCUT2D eigenvalue weighted by molar-refractivity contribution is 0.0767. The van der Waals surface area contributed by atoms with Gasteiger partial charge in [0, 0.05) is 30.0 Å². The van der Waals surface area contributed by atoms with Crippen molar-refractivity contribution in [1.82, 2.24) is 14.9 Å². The number of aryl methyl sites for hydroxylation is 1. The van der Waals surface area contributed by atoms with Gasteiger partial charge in [-0.3, -0.25) is 4.79 Å². The Morgan fingerprint density at radius 1 is 1.27 bits per heavy atom. The Hall–Kier alpha value is -2.14. The number of amides is 1. The molecular weight excluding hydrogens is 300 g/mol. The summed E-state index contributed by atoms with van der Waals surface area (Å²) in [5.74, 6) is 0.298. The number of nitrogens with zero attached hydrogens (tertiary/aromatic N) is 3. The summed E-state index contributed by atoms with van der Waals surface area (Å²) in [6.45, 7) is 7.13. The van der Waals surface area contributed by atoms with Gasteiger partial charge >= 0.3 is 0 Å². The first-order valence-electron chi connectivity index (χ1n) is 7.20. The third kappa shape index (κ3) is 3.74. The molecule has 0 saturated carbocycles. The van der Waals surface area contributed by atoms with Gasteiger partial charge in [-0.25, -0.2) is 9.97 Å². The van der Waals surface area contributed by atoms with E-state index in [1.807, 2.05) is 32.9 Å². The molecule has 1 aromatic heterocycles. The number of aromatic nitrogens is 2. The molecule has 116 valence electrons. The summed E-state index contributed by atoms with van der Waals surface area (Å²) < 4.78 is 0. The lowest BCUT2D eigenvalue weighted by atomic mass is 10.2. The smallest absolute Gasteiger partial charge is 0.272 e. The predicted octanol–water partition coefficient (Wildman–Crippen LogP) is 3.66. The molecule has 1 amide bonds. The van der Waals surface area contributed by atoms with Crippen LogP contribution in [0.5, 0.6) is 0 Å². The van der Waals surface area contributed by atoms with E-state index in [4.69, 9.17) is 11.6 Å². The Balaban J connectivity index is 2.23. The van der Waals surface area contributed by atoms with Crippen LogP contribution in [0.15, 0.2) is 30.5 Å². The summed E-state index contributed by atoms with van der Waals surface area (Å²) >= 11 is 5.94. The monoisotopic (exact) mass is 318 g/mol. The van der Waals surface area contributed by atoms with Crippen LogP contribution < -0.4 is 5.32 Å². The number of carbonyl (C=O) groups excluding carboxylic acids is 1. The number of halogens is 1. The molecule has 2 aromatic rings. The zero-order valence-corrected chi connectivity index (χ0v) is 13.7. The standard InChI is InChI=1S/C16H19ClN4O/c1-4-21(5-2)15(22)14-8-9-18-16(20-14)19-13-7-6-12(17)10-11(13)3/h6-10H,4-5H2,1-3H3,(H,18,19,20). The normalized spacial score (nSPS) is 10.4. The first-order chi connectivity index (χ1) is 10.5. The molecule has 0 aliphatic heterocycles. The van der Waals surface area contributed by atoms with Gasteiger partial charge in [0.2, 0.25) is 5.95 Å². The zero-order valence-electron chi connectivity index (χ0n) is 12.9. The van der Waals surface area contributed by atoms with Crippen molar-refractivity contribution in [3.8, 4) is 0 Å². The quantitative estimate of drug-likeness (QED) is 0.914. The van der Waals surface area contributed by atoms with E-state index >= 15 is 0 Å². The van der Waals surface area contributed by atoms with Crippen LogP contribution in [-0.4, -0.2) is 33.9 Å². The number of hydrogen-bond donors (Lipinski definition) is 1. The summed E-state index contributed by atoms with van der Waals surface area (Å²) in [4.78, 5) is 22.5.